The minimum absolute atomic E-state index is 0.0555. The Bertz CT molecular complexity index is 5620. The molecule has 0 aliphatic heterocycles. The van der Waals surface area contributed by atoms with Crippen LogP contribution in [0.1, 0.15) is 27.8 Å². The van der Waals surface area contributed by atoms with E-state index in [0.29, 0.717) is 135 Å². The molecular weight excluding hydrogens is 1500 g/mol. The maximum absolute atomic E-state index is 11.8. The number of nitrogens with one attached hydrogen (secondary N) is 3. The number of hydrogen-bond acceptors (Lipinski definition) is 20. The first-order valence-corrected chi connectivity index (χ1v) is 34.7. The first-order chi connectivity index (χ1) is 55.3. The minimum Gasteiger partial charge on any atom is -0.504 e. The Kier molecular flexibility index (Phi) is 32.6. The lowest BCUT2D eigenvalue weighted by Gasteiger charge is -2.14. The van der Waals surface area contributed by atoms with Crippen LogP contribution in [0.15, 0.2) is 246 Å². The molecule has 11 aromatic carbocycles. The fraction of sp³-hybridized carbons (Fsp3) is 0.129. The highest BCUT2D eigenvalue weighted by Gasteiger charge is 2.21. The van der Waals surface area contributed by atoms with E-state index < -0.39 is 16.2 Å². The predicted molar refractivity (Wildman–Crippen MR) is 435 cm³/mol. The number of nitrogens with zero attached hydrogens (tertiary/aromatic N) is 6. The standard InChI is InChI=1S/C16H12Cl2N2O2.C16H14N2O4.C15H12N2O4.C15H16N2O3.C15H13NO2.C8H7NO2/c1-21-13-7-11-12(19-16(18)20-15(11)17)8-14(13)22-9-10-5-3-2-4-6-10;1-21-13-7-11-12(17-16(20)18-15(11)19)8-14(13)22-9-10-5-3-2-4-6-10;1-16-12-8-14(20-2)15(9-13(12)17(18)19)21-10-11-6-4-3-5-7-11;1-19-14-8-13(17-10-18)12(16)7-15(14)20-9-11-5-3-2-4-6-11;1-16-13-8-9-14(15(10-13)17-2)18-11-12-6-4-3-5-7-12;1-9-6-3-4-7(10)8(5-6)11-2/h2-8H,9H2,1H3;2-8H,9H2,1H3,(H2,17,18,19,20);3-9H,10H2,2H3;2-8,10H,9,16H2,1H3,(H,17,18);3-10H,11H2,2H3;3-5,10H,2H3. The van der Waals surface area contributed by atoms with Gasteiger partial charge in [-0.2, -0.15) is 0 Å². The van der Waals surface area contributed by atoms with Gasteiger partial charge < -0.3 is 73.2 Å². The van der Waals surface area contributed by atoms with E-state index >= 15 is 0 Å². The number of hydrogen-bond donors (Lipinski definition) is 5. The molecule has 114 heavy (non-hydrogen) atoms. The average molecular weight is 1580 g/mol. The van der Waals surface area contributed by atoms with E-state index in [1.807, 2.05) is 152 Å². The SMILES string of the molecule is COc1cc(NC=O)c(N)cc1OCc1ccccc1.COc1cc2c(=O)[nH]c(=O)[nH]c2cc1OCc1ccccc1.COc1cc2c(Cl)nc(Cl)nc2cc1OCc1ccccc1.[C-]#[N+]c1cc(OC)c(OCc2ccccc2)cc1[N+](=O)[O-].[C-]#[N+]c1ccc(O)c(OC)c1.[C-]#[N+]c1ccc(OCc2ccccc2)c(OC)c1. The van der Waals surface area contributed by atoms with Gasteiger partial charge in [0.15, 0.2) is 68.9 Å². The maximum atomic E-state index is 11.8. The summed E-state index contributed by atoms with van der Waals surface area (Å²) < 4.78 is 59.5. The minimum atomic E-state index is -0.609. The smallest absolute Gasteiger partial charge is 0.326 e. The van der Waals surface area contributed by atoms with Gasteiger partial charge in [0.25, 0.3) is 16.9 Å². The Morgan fingerprint density at radius 2 is 0.860 bits per heavy atom. The van der Waals surface area contributed by atoms with Crippen molar-refractivity contribution in [3.8, 4) is 69.0 Å². The Hall–Kier alpha value is -15.0. The molecule has 0 saturated carbocycles. The first-order valence-electron chi connectivity index (χ1n) is 34.0. The number of phenolic OH excluding ortho intramolecular Hbond substituents is 1. The molecule has 0 atom stereocenters. The van der Waals surface area contributed by atoms with Crippen molar-refractivity contribution in [3.05, 3.63) is 340 Å². The van der Waals surface area contributed by atoms with Crippen LogP contribution in [0.4, 0.5) is 34.1 Å². The second-order valence-corrected chi connectivity index (χ2v) is 24.0. The van der Waals surface area contributed by atoms with Crippen LogP contribution in [0, 0.1) is 29.8 Å². The number of nitro groups is 1. The Morgan fingerprint density at radius 1 is 0.465 bits per heavy atom. The molecule has 0 unspecified atom stereocenters. The molecule has 6 N–H and O–H groups in total. The van der Waals surface area contributed by atoms with Crippen LogP contribution in [0.2, 0.25) is 10.4 Å². The lowest BCUT2D eigenvalue weighted by Crippen LogP contribution is -2.21. The molecule has 0 bridgehead atoms. The van der Waals surface area contributed by atoms with Crippen LogP contribution in [0.5, 0.6) is 69.0 Å². The summed E-state index contributed by atoms with van der Waals surface area (Å²) in [6.45, 7) is 22.5. The van der Waals surface area contributed by atoms with Gasteiger partial charge in [-0.05, 0) is 81.9 Å². The van der Waals surface area contributed by atoms with Gasteiger partial charge in [-0.3, -0.25) is 24.7 Å². The Balaban J connectivity index is 0.000000173. The number of ether oxygens (including phenoxy) is 11. The van der Waals surface area contributed by atoms with Gasteiger partial charge in [0, 0.05) is 29.7 Å². The number of phenols is 1. The van der Waals surface area contributed by atoms with E-state index in [1.54, 1.807) is 68.8 Å². The molecule has 13 aromatic rings. The van der Waals surface area contributed by atoms with E-state index in [9.17, 15) is 24.5 Å². The summed E-state index contributed by atoms with van der Waals surface area (Å²) in [6.07, 6.45) is 0.565. The number of aromatic amines is 2. The largest absolute Gasteiger partial charge is 0.504 e. The average Bonchev–Trinajstić information content (AvgIpc) is 0.795. The normalized spacial score (nSPS) is 9.97. The number of benzene rings is 11. The summed E-state index contributed by atoms with van der Waals surface area (Å²) in [5, 5.41) is 24.0. The summed E-state index contributed by atoms with van der Waals surface area (Å²) in [7, 11) is 9.04. The third-order valence-electron chi connectivity index (χ3n) is 15.8. The lowest BCUT2D eigenvalue weighted by atomic mass is 10.2. The molecule has 27 nitrogen and oxygen atoms in total. The third kappa shape index (κ3) is 25.0. The van der Waals surface area contributed by atoms with Gasteiger partial charge >= 0.3 is 5.69 Å². The van der Waals surface area contributed by atoms with Gasteiger partial charge in [-0.25, -0.2) is 29.3 Å². The van der Waals surface area contributed by atoms with E-state index in [0.717, 1.165) is 27.8 Å². The van der Waals surface area contributed by atoms with E-state index in [2.05, 4.69) is 39.8 Å². The van der Waals surface area contributed by atoms with Crippen LogP contribution < -0.4 is 74.4 Å². The molecule has 0 spiro atoms. The van der Waals surface area contributed by atoms with Crippen molar-refractivity contribution in [1.82, 2.24) is 19.9 Å². The number of aromatic hydroxyl groups is 1. The number of aromatic nitrogens is 4. The fourth-order valence-electron chi connectivity index (χ4n) is 10.1. The number of H-pyrrole nitrogens is 2. The van der Waals surface area contributed by atoms with Gasteiger partial charge in [-0.1, -0.05) is 175 Å². The highest BCUT2D eigenvalue weighted by Crippen LogP contribution is 2.41. The Morgan fingerprint density at radius 3 is 1.30 bits per heavy atom. The molecule has 0 saturated heterocycles. The van der Waals surface area contributed by atoms with Crippen LogP contribution in [0.25, 0.3) is 36.3 Å². The van der Waals surface area contributed by atoms with Crippen LogP contribution in [-0.2, 0) is 37.8 Å². The first kappa shape index (κ1) is 84.6. The summed E-state index contributed by atoms with van der Waals surface area (Å²) >= 11 is 11.9. The van der Waals surface area contributed by atoms with Crippen molar-refractivity contribution in [3.63, 3.8) is 0 Å². The zero-order valence-corrected chi connectivity index (χ0v) is 63.6. The van der Waals surface area contributed by atoms with Crippen LogP contribution in [0.3, 0.4) is 0 Å². The van der Waals surface area contributed by atoms with Gasteiger partial charge in [0.2, 0.25) is 11.7 Å². The number of nitro benzene ring substituents is 1. The van der Waals surface area contributed by atoms with Crippen LogP contribution in [-0.4, -0.2) is 79.0 Å². The topological polar surface area (TPSA) is 325 Å². The third-order valence-corrected chi connectivity index (χ3v) is 16.3. The highest BCUT2D eigenvalue weighted by molar-refractivity contribution is 6.35. The second-order valence-electron chi connectivity index (χ2n) is 23.3. The van der Waals surface area contributed by atoms with Crippen molar-refractivity contribution in [2.24, 2.45) is 0 Å². The molecule has 0 aliphatic carbocycles. The fourth-order valence-corrected chi connectivity index (χ4v) is 10.6. The number of halogens is 2. The van der Waals surface area contributed by atoms with Gasteiger partial charge in [0.05, 0.1) is 101 Å². The van der Waals surface area contributed by atoms with Crippen molar-refractivity contribution in [2.75, 3.05) is 53.7 Å². The van der Waals surface area contributed by atoms with E-state index in [-0.39, 0.29) is 39.9 Å². The number of carbonyl (C=O) groups excluding carboxylic acids is 1. The van der Waals surface area contributed by atoms with Crippen molar-refractivity contribution in [2.45, 2.75) is 33.0 Å². The molecule has 13 rings (SSSR count). The summed E-state index contributed by atoms with van der Waals surface area (Å²) in [5.74, 6) is 5.22. The monoisotopic (exact) mass is 1580 g/mol. The van der Waals surface area contributed by atoms with Crippen molar-refractivity contribution in [1.29, 1.82) is 0 Å². The number of carbonyl (C=O) groups is 1. The zero-order valence-electron chi connectivity index (χ0n) is 62.1. The molecular formula is C85H74Cl2N10O17. The molecule has 2 aromatic heterocycles. The summed E-state index contributed by atoms with van der Waals surface area (Å²) in [5.41, 5.74) is 12.5. The number of methoxy groups -OCH3 is 6. The molecule has 0 radical (unpaired) electrons. The quantitative estimate of drug-likeness (QED) is 0.00713. The number of fused-ring (bicyclic) bond motifs is 2. The van der Waals surface area contributed by atoms with Crippen LogP contribution >= 0.6 is 23.2 Å². The summed E-state index contributed by atoms with van der Waals surface area (Å²) in [6, 6.07) is 70.6. The lowest BCUT2D eigenvalue weighted by molar-refractivity contribution is -0.383. The van der Waals surface area contributed by atoms with Crippen molar-refractivity contribution < 1.29 is 66.9 Å². The van der Waals surface area contributed by atoms with E-state index in [4.69, 9.17) is 106 Å². The number of nitrogen functional groups attached to an aromatic ring is 1. The Labute approximate surface area is 664 Å². The number of anilines is 2. The molecule has 2 heterocycles. The molecule has 1 amide bonds. The number of rotatable bonds is 24. The number of amides is 1. The number of nitrogens with two attached hydrogens (primary N) is 1. The predicted octanol–water partition coefficient (Wildman–Crippen LogP) is 18.3. The molecule has 29 heteroatoms. The zero-order chi connectivity index (χ0) is 81.7. The van der Waals surface area contributed by atoms with Crippen molar-refractivity contribution >= 4 is 85.5 Å². The second kappa shape index (κ2) is 43.9. The van der Waals surface area contributed by atoms with Gasteiger partial charge in [0.1, 0.15) is 49.7 Å². The summed E-state index contributed by atoms with van der Waals surface area (Å²) in [4.78, 5) is 66.5. The molecule has 580 valence electrons. The molecule has 0 fully saturated rings. The molecule has 0 aliphatic rings. The van der Waals surface area contributed by atoms with Gasteiger partial charge in [-0.15, -0.1) is 0 Å². The highest BCUT2D eigenvalue weighted by atomic mass is 35.5. The maximum Gasteiger partial charge on any atom is 0.326 e. The van der Waals surface area contributed by atoms with E-state index in [1.165, 1.54) is 58.8 Å².